The molecule has 0 aliphatic heterocycles. The second kappa shape index (κ2) is 9.45. The number of rotatable bonds is 6. The maximum Gasteiger partial charge on any atom is 0.359 e. The molecule has 158 valence electrons. The maximum absolute atomic E-state index is 13.4. The summed E-state index contributed by atoms with van der Waals surface area (Å²) in [6, 6.07) is 4.74. The number of aromatic nitrogens is 2. The molecule has 1 aromatic carbocycles. The Kier molecular flexibility index (Phi) is 7.02. The first kappa shape index (κ1) is 22.3. The third kappa shape index (κ3) is 4.35. The summed E-state index contributed by atoms with van der Waals surface area (Å²) in [6.07, 6.45) is 0.758. The van der Waals surface area contributed by atoms with Crippen molar-refractivity contribution in [1.29, 1.82) is 0 Å². The van der Waals surface area contributed by atoms with Crippen molar-refractivity contribution in [2.75, 3.05) is 28.4 Å². The van der Waals surface area contributed by atoms with Crippen molar-refractivity contribution in [3.05, 3.63) is 47.4 Å². The molecule has 1 aromatic heterocycles. The van der Waals surface area contributed by atoms with Crippen molar-refractivity contribution in [3.8, 4) is 11.3 Å². The van der Waals surface area contributed by atoms with E-state index in [1.54, 1.807) is 0 Å². The standard InChI is InChI=1S/C19H17FN2O8/c1-27-13(23)9-12(17(24)28-2)22-16(10-5-7-11(20)8-6-10)14(18(25)29-3)15(21-22)19(26)30-4/h5-9H,1-4H3/b12-9+. The Labute approximate surface area is 169 Å². The lowest BCUT2D eigenvalue weighted by molar-refractivity contribution is -0.137. The van der Waals surface area contributed by atoms with Crippen LogP contribution >= 0.6 is 0 Å². The number of esters is 4. The fourth-order valence-corrected chi connectivity index (χ4v) is 2.48. The first-order valence-electron chi connectivity index (χ1n) is 8.22. The van der Waals surface area contributed by atoms with Gasteiger partial charge in [-0.1, -0.05) is 0 Å². The second-order valence-corrected chi connectivity index (χ2v) is 5.52. The number of nitrogens with zero attached hydrogens (tertiary/aromatic N) is 2. The fraction of sp³-hybridized carbons (Fsp3) is 0.211. The largest absolute Gasteiger partial charge is 0.466 e. The van der Waals surface area contributed by atoms with E-state index in [-0.39, 0.29) is 16.8 Å². The minimum atomic E-state index is -1.03. The van der Waals surface area contributed by atoms with Crippen LogP contribution in [-0.2, 0) is 28.5 Å². The van der Waals surface area contributed by atoms with E-state index in [9.17, 15) is 23.6 Å². The van der Waals surface area contributed by atoms with Crippen LogP contribution in [0.2, 0.25) is 0 Å². The predicted octanol–water partition coefficient (Wildman–Crippen LogP) is 1.45. The van der Waals surface area contributed by atoms with Gasteiger partial charge in [-0.15, -0.1) is 0 Å². The number of benzene rings is 1. The van der Waals surface area contributed by atoms with E-state index < -0.39 is 41.1 Å². The summed E-state index contributed by atoms with van der Waals surface area (Å²) < 4.78 is 32.9. The number of carbonyl (C=O) groups excluding carboxylic acids is 4. The Morgan fingerprint density at radius 1 is 0.900 bits per heavy atom. The van der Waals surface area contributed by atoms with Gasteiger partial charge in [0, 0.05) is 5.56 Å². The normalized spacial score (nSPS) is 10.9. The SMILES string of the molecule is COC(=O)/C=C(\C(=O)OC)n1nc(C(=O)OC)c(C(=O)OC)c1-c1ccc(F)cc1. The highest BCUT2D eigenvalue weighted by Gasteiger charge is 2.33. The molecule has 30 heavy (non-hydrogen) atoms. The summed E-state index contributed by atoms with van der Waals surface area (Å²) in [5.74, 6) is -4.53. The zero-order valence-corrected chi connectivity index (χ0v) is 16.4. The Bertz CT molecular complexity index is 1020. The predicted molar refractivity (Wildman–Crippen MR) is 98.6 cm³/mol. The average Bonchev–Trinajstić information content (AvgIpc) is 3.16. The molecule has 0 atom stereocenters. The molecule has 0 spiro atoms. The molecular weight excluding hydrogens is 403 g/mol. The number of ether oxygens (including phenoxy) is 4. The highest BCUT2D eigenvalue weighted by molar-refractivity contribution is 6.16. The Hall–Kier alpha value is -4.02. The Morgan fingerprint density at radius 3 is 2.00 bits per heavy atom. The molecule has 2 rings (SSSR count). The van der Waals surface area contributed by atoms with Crippen molar-refractivity contribution >= 4 is 29.6 Å². The number of hydrogen-bond donors (Lipinski definition) is 0. The minimum absolute atomic E-state index is 0.136. The van der Waals surface area contributed by atoms with Crippen LogP contribution < -0.4 is 0 Å². The first-order valence-corrected chi connectivity index (χ1v) is 8.22. The van der Waals surface area contributed by atoms with E-state index >= 15 is 0 Å². The quantitative estimate of drug-likeness (QED) is 0.388. The number of methoxy groups -OCH3 is 4. The van der Waals surface area contributed by atoms with Crippen LogP contribution in [0.15, 0.2) is 30.3 Å². The lowest BCUT2D eigenvalue weighted by Gasteiger charge is -2.11. The monoisotopic (exact) mass is 420 g/mol. The van der Waals surface area contributed by atoms with Crippen molar-refractivity contribution in [3.63, 3.8) is 0 Å². The number of hydrogen-bond acceptors (Lipinski definition) is 9. The maximum atomic E-state index is 13.4. The van der Waals surface area contributed by atoms with Gasteiger partial charge in [0.1, 0.15) is 11.4 Å². The van der Waals surface area contributed by atoms with Gasteiger partial charge in [-0.25, -0.2) is 28.3 Å². The zero-order chi connectivity index (χ0) is 22.4. The van der Waals surface area contributed by atoms with Crippen molar-refractivity contribution in [2.45, 2.75) is 0 Å². The average molecular weight is 420 g/mol. The summed E-state index contributed by atoms with van der Waals surface area (Å²) in [5.41, 5.74) is -1.30. The van der Waals surface area contributed by atoms with E-state index in [4.69, 9.17) is 4.74 Å². The molecule has 0 aliphatic rings. The highest BCUT2D eigenvalue weighted by atomic mass is 19.1. The first-order chi connectivity index (χ1) is 14.3. The van der Waals surface area contributed by atoms with Gasteiger partial charge in [-0.05, 0) is 24.3 Å². The van der Waals surface area contributed by atoms with Crippen LogP contribution in [-0.4, -0.2) is 62.1 Å². The van der Waals surface area contributed by atoms with E-state index in [2.05, 4.69) is 19.3 Å². The molecule has 0 aliphatic carbocycles. The van der Waals surface area contributed by atoms with Gasteiger partial charge in [0.15, 0.2) is 11.4 Å². The number of carbonyl (C=O) groups is 4. The lowest BCUT2D eigenvalue weighted by atomic mass is 10.0. The third-order valence-corrected chi connectivity index (χ3v) is 3.85. The Balaban J connectivity index is 2.98. The molecular formula is C19H17FN2O8. The van der Waals surface area contributed by atoms with Crippen molar-refractivity contribution in [2.24, 2.45) is 0 Å². The summed E-state index contributed by atoms with van der Waals surface area (Å²) in [4.78, 5) is 48.9. The van der Waals surface area contributed by atoms with Crippen LogP contribution in [0.4, 0.5) is 4.39 Å². The van der Waals surface area contributed by atoms with Crippen molar-refractivity contribution < 1.29 is 42.5 Å². The van der Waals surface area contributed by atoms with Gasteiger partial charge in [-0.2, -0.15) is 5.10 Å². The fourth-order valence-electron chi connectivity index (χ4n) is 2.48. The molecule has 10 nitrogen and oxygen atoms in total. The molecule has 0 saturated heterocycles. The van der Waals surface area contributed by atoms with E-state index in [1.165, 1.54) is 12.1 Å². The van der Waals surface area contributed by atoms with Crippen LogP contribution in [0.3, 0.4) is 0 Å². The van der Waals surface area contributed by atoms with Crippen LogP contribution in [0.25, 0.3) is 17.0 Å². The zero-order valence-electron chi connectivity index (χ0n) is 16.4. The summed E-state index contributed by atoms with van der Waals surface area (Å²) >= 11 is 0. The smallest absolute Gasteiger partial charge is 0.359 e. The molecule has 0 amide bonds. The van der Waals surface area contributed by atoms with Crippen LogP contribution in [0.5, 0.6) is 0 Å². The number of halogens is 1. The summed E-state index contributed by atoms with van der Waals surface area (Å²) in [7, 11) is 4.26. The molecule has 0 N–H and O–H groups in total. The molecule has 0 fully saturated rings. The van der Waals surface area contributed by atoms with Crippen LogP contribution in [0, 0.1) is 5.82 Å². The highest BCUT2D eigenvalue weighted by Crippen LogP contribution is 2.31. The van der Waals surface area contributed by atoms with E-state index in [1.807, 2.05) is 0 Å². The van der Waals surface area contributed by atoms with Crippen LogP contribution in [0.1, 0.15) is 20.8 Å². The van der Waals surface area contributed by atoms with Crippen molar-refractivity contribution in [1.82, 2.24) is 9.78 Å². The molecule has 1 heterocycles. The summed E-state index contributed by atoms with van der Waals surface area (Å²) in [5, 5.41) is 3.98. The Morgan fingerprint density at radius 2 is 1.50 bits per heavy atom. The van der Waals surface area contributed by atoms with Gasteiger partial charge in [0.05, 0.1) is 40.2 Å². The molecule has 0 bridgehead atoms. The van der Waals surface area contributed by atoms with Gasteiger partial charge >= 0.3 is 23.9 Å². The molecule has 2 aromatic rings. The van der Waals surface area contributed by atoms with Gasteiger partial charge < -0.3 is 18.9 Å². The summed E-state index contributed by atoms with van der Waals surface area (Å²) in [6.45, 7) is 0. The molecule has 11 heteroatoms. The van der Waals surface area contributed by atoms with Gasteiger partial charge in [0.25, 0.3) is 0 Å². The molecule has 0 saturated carbocycles. The second-order valence-electron chi connectivity index (χ2n) is 5.52. The van der Waals surface area contributed by atoms with Gasteiger partial charge in [-0.3, -0.25) is 0 Å². The van der Waals surface area contributed by atoms with Gasteiger partial charge in [0.2, 0.25) is 0 Å². The minimum Gasteiger partial charge on any atom is -0.466 e. The lowest BCUT2D eigenvalue weighted by Crippen LogP contribution is -2.16. The van der Waals surface area contributed by atoms with E-state index in [0.717, 1.165) is 51.3 Å². The third-order valence-electron chi connectivity index (χ3n) is 3.85. The topological polar surface area (TPSA) is 123 Å². The van der Waals surface area contributed by atoms with E-state index in [0.29, 0.717) is 0 Å². The molecule has 0 unspecified atom stereocenters. The molecule has 0 radical (unpaired) electrons.